The van der Waals surface area contributed by atoms with E-state index in [2.05, 4.69) is 30.8 Å². The summed E-state index contributed by atoms with van der Waals surface area (Å²) in [4.78, 5) is 4.74. The molecule has 0 aliphatic carbocycles. The van der Waals surface area contributed by atoms with Crippen molar-refractivity contribution in [3.05, 3.63) is 35.6 Å². The minimum absolute atomic E-state index is 0.0559. The van der Waals surface area contributed by atoms with Crippen molar-refractivity contribution in [2.75, 3.05) is 27.2 Å². The normalized spacial score (nSPS) is 28.0. The molecule has 0 saturated carbocycles. The quantitative estimate of drug-likeness (QED) is 0.916. The van der Waals surface area contributed by atoms with E-state index < -0.39 is 0 Å². The van der Waals surface area contributed by atoms with Gasteiger partial charge < -0.3 is 10.6 Å². The van der Waals surface area contributed by atoms with Crippen LogP contribution in [0.4, 0.5) is 4.39 Å². The van der Waals surface area contributed by atoms with Gasteiger partial charge in [0.25, 0.3) is 0 Å². The first-order chi connectivity index (χ1) is 9.47. The molecule has 1 aromatic carbocycles. The molecule has 1 aliphatic heterocycles. The molecule has 1 aromatic rings. The van der Waals surface area contributed by atoms with E-state index in [4.69, 9.17) is 5.73 Å². The van der Waals surface area contributed by atoms with E-state index in [9.17, 15) is 4.39 Å². The molecular formula is C16H26FN3. The first-order valence-electron chi connectivity index (χ1n) is 7.33. The smallest absolute Gasteiger partial charge is 0.123 e. The van der Waals surface area contributed by atoms with Crippen molar-refractivity contribution in [2.24, 2.45) is 5.73 Å². The van der Waals surface area contributed by atoms with E-state index in [1.807, 2.05) is 12.1 Å². The average Bonchev–Trinajstić information content (AvgIpc) is 2.44. The maximum absolute atomic E-state index is 13.0. The number of rotatable bonds is 4. The minimum Gasteiger partial charge on any atom is -0.329 e. The van der Waals surface area contributed by atoms with Crippen LogP contribution in [-0.4, -0.2) is 48.6 Å². The zero-order valence-electron chi connectivity index (χ0n) is 12.8. The molecule has 4 heteroatoms. The summed E-state index contributed by atoms with van der Waals surface area (Å²) in [6.07, 6.45) is 2.17. The number of nitrogens with two attached hydrogens (primary N) is 1. The Bertz CT molecular complexity index is 434. The van der Waals surface area contributed by atoms with Gasteiger partial charge >= 0.3 is 0 Å². The lowest BCUT2D eigenvalue weighted by Gasteiger charge is -2.49. The number of hydrogen-bond acceptors (Lipinski definition) is 3. The largest absolute Gasteiger partial charge is 0.329 e. The van der Waals surface area contributed by atoms with Crippen LogP contribution in [0.1, 0.15) is 25.3 Å². The molecule has 1 fully saturated rings. The van der Waals surface area contributed by atoms with Crippen molar-refractivity contribution in [1.82, 2.24) is 9.80 Å². The molecule has 1 saturated heterocycles. The molecule has 2 atom stereocenters. The van der Waals surface area contributed by atoms with Crippen LogP contribution in [0.25, 0.3) is 0 Å². The Kier molecular flexibility index (Phi) is 4.78. The lowest BCUT2D eigenvalue weighted by Crippen LogP contribution is -2.59. The van der Waals surface area contributed by atoms with Crippen molar-refractivity contribution in [3.63, 3.8) is 0 Å². The van der Waals surface area contributed by atoms with Crippen LogP contribution >= 0.6 is 0 Å². The second-order valence-corrected chi connectivity index (χ2v) is 6.19. The SMILES string of the molecule is CC1CC(CN)(N(C)Cc2ccc(F)cc2)CCN1C. The van der Waals surface area contributed by atoms with E-state index in [0.29, 0.717) is 12.6 Å². The molecule has 0 spiro atoms. The predicted octanol–water partition coefficient (Wildman–Crippen LogP) is 2.07. The van der Waals surface area contributed by atoms with Gasteiger partial charge in [-0.15, -0.1) is 0 Å². The Morgan fingerprint density at radius 2 is 2.05 bits per heavy atom. The second kappa shape index (κ2) is 6.20. The summed E-state index contributed by atoms with van der Waals surface area (Å²) in [5.74, 6) is -0.183. The molecule has 2 N–H and O–H groups in total. The molecule has 1 aliphatic rings. The molecule has 1 heterocycles. The second-order valence-electron chi connectivity index (χ2n) is 6.19. The molecular weight excluding hydrogens is 253 g/mol. The summed E-state index contributed by atoms with van der Waals surface area (Å²) in [6.45, 7) is 4.82. The third kappa shape index (κ3) is 3.19. The average molecular weight is 279 g/mol. The van der Waals surface area contributed by atoms with Gasteiger partial charge in [0.05, 0.1) is 0 Å². The highest BCUT2D eigenvalue weighted by Crippen LogP contribution is 2.31. The summed E-state index contributed by atoms with van der Waals surface area (Å²) in [5.41, 5.74) is 7.29. The molecule has 112 valence electrons. The molecule has 3 nitrogen and oxygen atoms in total. The molecule has 0 radical (unpaired) electrons. The first-order valence-corrected chi connectivity index (χ1v) is 7.33. The fourth-order valence-corrected chi connectivity index (χ4v) is 3.13. The van der Waals surface area contributed by atoms with Crippen molar-refractivity contribution >= 4 is 0 Å². The monoisotopic (exact) mass is 279 g/mol. The van der Waals surface area contributed by atoms with Gasteiger partial charge in [-0.3, -0.25) is 4.90 Å². The Balaban J connectivity index is 2.09. The summed E-state index contributed by atoms with van der Waals surface area (Å²) in [5, 5.41) is 0. The fraction of sp³-hybridized carbons (Fsp3) is 0.625. The van der Waals surface area contributed by atoms with Crippen LogP contribution in [0, 0.1) is 5.82 Å². The molecule has 0 amide bonds. The van der Waals surface area contributed by atoms with Crippen molar-refractivity contribution < 1.29 is 4.39 Å². The van der Waals surface area contributed by atoms with Gasteiger partial charge in [-0.05, 0) is 58.1 Å². The lowest BCUT2D eigenvalue weighted by molar-refractivity contribution is 0.0222. The van der Waals surface area contributed by atoms with E-state index >= 15 is 0 Å². The van der Waals surface area contributed by atoms with E-state index in [1.54, 1.807) is 0 Å². The fourth-order valence-electron chi connectivity index (χ4n) is 3.13. The number of likely N-dealkylation sites (N-methyl/N-ethyl adjacent to an activating group) is 1. The van der Waals surface area contributed by atoms with Crippen LogP contribution in [0.2, 0.25) is 0 Å². The lowest BCUT2D eigenvalue weighted by atomic mass is 9.82. The van der Waals surface area contributed by atoms with Gasteiger partial charge in [0.2, 0.25) is 0 Å². The van der Waals surface area contributed by atoms with Gasteiger partial charge in [-0.2, -0.15) is 0 Å². The van der Waals surface area contributed by atoms with Crippen LogP contribution in [-0.2, 0) is 6.54 Å². The number of hydrogen-bond donors (Lipinski definition) is 1. The Labute approximate surface area is 121 Å². The maximum Gasteiger partial charge on any atom is 0.123 e. The van der Waals surface area contributed by atoms with Crippen LogP contribution in [0.3, 0.4) is 0 Å². The number of halogens is 1. The van der Waals surface area contributed by atoms with E-state index in [1.165, 1.54) is 12.1 Å². The highest BCUT2D eigenvalue weighted by molar-refractivity contribution is 5.16. The Morgan fingerprint density at radius 1 is 1.40 bits per heavy atom. The predicted molar refractivity (Wildman–Crippen MR) is 81.0 cm³/mol. The van der Waals surface area contributed by atoms with Gasteiger partial charge in [-0.1, -0.05) is 12.1 Å². The summed E-state index contributed by atoms with van der Waals surface area (Å²) >= 11 is 0. The van der Waals surface area contributed by atoms with Gasteiger partial charge in [0, 0.05) is 24.7 Å². The summed E-state index contributed by atoms with van der Waals surface area (Å²) in [7, 11) is 4.30. The standard InChI is InChI=1S/C16H26FN3/c1-13-10-16(12-18,8-9-19(13)2)20(3)11-14-4-6-15(17)7-5-14/h4-7,13H,8-12,18H2,1-3H3. The molecule has 20 heavy (non-hydrogen) atoms. The number of piperidine rings is 1. The highest BCUT2D eigenvalue weighted by Gasteiger charge is 2.39. The Hall–Kier alpha value is -0.970. The van der Waals surface area contributed by atoms with Gasteiger partial charge in [-0.25, -0.2) is 4.39 Å². The third-order valence-electron chi connectivity index (χ3n) is 4.88. The summed E-state index contributed by atoms with van der Waals surface area (Å²) in [6, 6.07) is 7.30. The highest BCUT2D eigenvalue weighted by atomic mass is 19.1. The molecule has 2 unspecified atom stereocenters. The topological polar surface area (TPSA) is 32.5 Å². The zero-order valence-corrected chi connectivity index (χ0v) is 12.8. The van der Waals surface area contributed by atoms with Crippen molar-refractivity contribution in [2.45, 2.75) is 37.9 Å². The van der Waals surface area contributed by atoms with E-state index in [0.717, 1.165) is 31.5 Å². The van der Waals surface area contributed by atoms with Crippen molar-refractivity contribution in [1.29, 1.82) is 0 Å². The maximum atomic E-state index is 13.0. The number of likely N-dealkylation sites (tertiary alicyclic amines) is 1. The third-order valence-corrected chi connectivity index (χ3v) is 4.88. The van der Waals surface area contributed by atoms with Gasteiger partial charge in [0.1, 0.15) is 5.82 Å². The van der Waals surface area contributed by atoms with E-state index in [-0.39, 0.29) is 11.4 Å². The van der Waals surface area contributed by atoms with Crippen LogP contribution in [0.5, 0.6) is 0 Å². The molecule has 0 aromatic heterocycles. The first kappa shape index (κ1) is 15.4. The number of benzene rings is 1. The summed E-state index contributed by atoms with van der Waals surface area (Å²) < 4.78 is 13.0. The van der Waals surface area contributed by atoms with Crippen LogP contribution < -0.4 is 5.73 Å². The minimum atomic E-state index is -0.183. The van der Waals surface area contributed by atoms with Crippen LogP contribution in [0.15, 0.2) is 24.3 Å². The number of nitrogens with zero attached hydrogens (tertiary/aromatic N) is 2. The Morgan fingerprint density at radius 3 is 2.60 bits per heavy atom. The van der Waals surface area contributed by atoms with Gasteiger partial charge in [0.15, 0.2) is 0 Å². The molecule has 0 bridgehead atoms. The van der Waals surface area contributed by atoms with Crippen molar-refractivity contribution in [3.8, 4) is 0 Å². The molecule has 2 rings (SSSR count). The zero-order chi connectivity index (χ0) is 14.8.